The highest BCUT2D eigenvalue weighted by Gasteiger charge is 2.38. The zero-order valence-corrected chi connectivity index (χ0v) is 33.0. The van der Waals surface area contributed by atoms with E-state index in [0.717, 1.165) is 16.7 Å². The summed E-state index contributed by atoms with van der Waals surface area (Å²) in [6.45, 7) is 4.63. The van der Waals surface area contributed by atoms with Crippen molar-refractivity contribution in [3.8, 4) is 78.7 Å². The number of benzene rings is 8. The van der Waals surface area contributed by atoms with Crippen LogP contribution in [0.2, 0.25) is 0 Å². The minimum Gasteiger partial charge on any atom is -0.208 e. The topological polar surface area (TPSA) is 38.7 Å². The summed E-state index contributed by atoms with van der Waals surface area (Å²) in [5, 5.41) is 2.36. The lowest BCUT2D eigenvalue weighted by Gasteiger charge is -2.24. The Morgan fingerprint density at radius 1 is 0.362 bits per heavy atom. The third-order valence-electron chi connectivity index (χ3n) is 11.7. The Kier molecular flexibility index (Phi) is 8.02. The predicted molar refractivity (Wildman–Crippen MR) is 243 cm³/mol. The molecule has 4 heteroatoms. The van der Waals surface area contributed by atoms with Crippen molar-refractivity contribution in [1.82, 2.24) is 15.0 Å². The number of rotatable bonds is 6. The second-order valence-electron chi connectivity index (χ2n) is 15.6. The van der Waals surface area contributed by atoms with Crippen molar-refractivity contribution in [2.75, 3.05) is 0 Å². The molecule has 0 atom stereocenters. The molecular weight excluding hydrogens is 723 g/mol. The molecule has 0 fully saturated rings. The lowest BCUT2D eigenvalue weighted by Crippen LogP contribution is -2.17. The summed E-state index contributed by atoms with van der Waals surface area (Å²) in [5.41, 5.74) is 15.1. The highest BCUT2D eigenvalue weighted by molar-refractivity contribution is 7.26. The SMILES string of the molecule is CC1(C)c2ccccc2-c2cccc(-c3nc(-c4ccccc4)nc(-c4cccc5sc6ccc(-c7cccc(-c8cccc(-c9ccccc9)c8)c7)cc6c45)n3)c21. The van der Waals surface area contributed by atoms with E-state index >= 15 is 0 Å². The zero-order chi connectivity index (χ0) is 38.8. The Labute approximate surface area is 342 Å². The molecule has 1 aliphatic rings. The molecule has 0 saturated heterocycles. The minimum atomic E-state index is -0.218. The van der Waals surface area contributed by atoms with Gasteiger partial charge in [-0.2, -0.15) is 0 Å². The lowest BCUT2D eigenvalue weighted by molar-refractivity contribution is 0.661. The van der Waals surface area contributed by atoms with Gasteiger partial charge >= 0.3 is 0 Å². The number of aromatic nitrogens is 3. The Bertz CT molecular complexity index is 3200. The van der Waals surface area contributed by atoms with E-state index in [2.05, 4.69) is 184 Å². The van der Waals surface area contributed by atoms with Crippen LogP contribution < -0.4 is 0 Å². The molecule has 58 heavy (non-hydrogen) atoms. The van der Waals surface area contributed by atoms with Crippen LogP contribution in [0.15, 0.2) is 188 Å². The van der Waals surface area contributed by atoms with Crippen LogP contribution in [0, 0.1) is 0 Å². The monoisotopic (exact) mass is 759 g/mol. The van der Waals surface area contributed by atoms with Gasteiger partial charge in [0.05, 0.1) is 0 Å². The van der Waals surface area contributed by atoms with Crippen molar-refractivity contribution >= 4 is 31.5 Å². The first-order valence-electron chi connectivity index (χ1n) is 19.8. The van der Waals surface area contributed by atoms with Gasteiger partial charge in [0.25, 0.3) is 0 Å². The van der Waals surface area contributed by atoms with E-state index in [1.807, 2.05) is 29.5 Å². The summed E-state index contributed by atoms with van der Waals surface area (Å²) in [4.78, 5) is 15.8. The van der Waals surface area contributed by atoms with Gasteiger partial charge in [0.1, 0.15) is 0 Å². The van der Waals surface area contributed by atoms with Gasteiger partial charge in [0, 0.05) is 42.3 Å². The molecule has 0 saturated carbocycles. The molecule has 0 unspecified atom stereocenters. The fraction of sp³-hybridized carbons (Fsp3) is 0.0556. The van der Waals surface area contributed by atoms with Crippen LogP contribution in [0.5, 0.6) is 0 Å². The molecular formula is C54H37N3S. The van der Waals surface area contributed by atoms with Crippen molar-refractivity contribution in [1.29, 1.82) is 0 Å². The number of thiophene rings is 1. The fourth-order valence-corrected chi connectivity index (χ4v) is 10.1. The van der Waals surface area contributed by atoms with E-state index in [0.29, 0.717) is 17.5 Å². The quantitative estimate of drug-likeness (QED) is 0.169. The number of nitrogens with zero attached hydrogens (tertiary/aromatic N) is 3. The molecule has 0 radical (unpaired) electrons. The van der Waals surface area contributed by atoms with E-state index in [1.54, 1.807) is 0 Å². The molecule has 0 amide bonds. The van der Waals surface area contributed by atoms with Crippen LogP contribution >= 0.6 is 11.3 Å². The Morgan fingerprint density at radius 2 is 0.862 bits per heavy atom. The smallest absolute Gasteiger partial charge is 0.164 e. The molecule has 274 valence electrons. The zero-order valence-electron chi connectivity index (χ0n) is 32.1. The second kappa shape index (κ2) is 13.6. The summed E-state index contributed by atoms with van der Waals surface area (Å²) in [7, 11) is 0. The van der Waals surface area contributed by atoms with Gasteiger partial charge in [0.2, 0.25) is 0 Å². The second-order valence-corrected chi connectivity index (χ2v) is 16.7. The van der Waals surface area contributed by atoms with E-state index in [9.17, 15) is 0 Å². The maximum absolute atomic E-state index is 5.38. The summed E-state index contributed by atoms with van der Waals surface area (Å²) < 4.78 is 2.44. The third-order valence-corrected chi connectivity index (χ3v) is 12.9. The van der Waals surface area contributed by atoms with Crippen LogP contribution in [-0.4, -0.2) is 15.0 Å². The van der Waals surface area contributed by atoms with Gasteiger partial charge in [-0.1, -0.05) is 172 Å². The number of hydrogen-bond acceptors (Lipinski definition) is 4. The van der Waals surface area contributed by atoms with E-state index < -0.39 is 0 Å². The Hall–Kier alpha value is -7.01. The van der Waals surface area contributed by atoms with Gasteiger partial charge in [0.15, 0.2) is 17.5 Å². The molecule has 3 nitrogen and oxygen atoms in total. The minimum absolute atomic E-state index is 0.218. The largest absolute Gasteiger partial charge is 0.208 e. The maximum atomic E-state index is 5.38. The molecule has 0 N–H and O–H groups in total. The van der Waals surface area contributed by atoms with Crippen molar-refractivity contribution < 1.29 is 0 Å². The molecule has 1 aliphatic carbocycles. The van der Waals surface area contributed by atoms with E-state index in [-0.39, 0.29) is 5.41 Å². The molecule has 2 aromatic heterocycles. The molecule has 11 rings (SSSR count). The fourth-order valence-electron chi connectivity index (χ4n) is 8.95. The third kappa shape index (κ3) is 5.68. The predicted octanol–water partition coefficient (Wildman–Crippen LogP) is 14.5. The Balaban J connectivity index is 1.06. The average molecular weight is 760 g/mol. The summed E-state index contributed by atoms with van der Waals surface area (Å²) >= 11 is 1.81. The van der Waals surface area contributed by atoms with Crippen molar-refractivity contribution in [3.05, 3.63) is 199 Å². The van der Waals surface area contributed by atoms with E-state index in [4.69, 9.17) is 15.0 Å². The lowest BCUT2D eigenvalue weighted by atomic mass is 9.80. The standard InChI is InChI=1S/C54H37N3S/c1-54(2)46-27-10-9-23-41(46)42-24-13-26-44(50(42)54)53-56-51(35-17-7-4-8-18-35)55-52(57-53)43-25-14-28-48-49(43)45-33-40(29-30-47(45)58-48)39-22-12-21-38(32-39)37-20-11-19-36(31-37)34-15-5-3-6-16-34/h3-33H,1-2H3. The summed E-state index contributed by atoms with van der Waals surface area (Å²) in [6, 6.07) is 67.3. The first-order valence-corrected chi connectivity index (χ1v) is 20.6. The Morgan fingerprint density at radius 3 is 1.59 bits per heavy atom. The van der Waals surface area contributed by atoms with Crippen LogP contribution in [0.3, 0.4) is 0 Å². The van der Waals surface area contributed by atoms with E-state index in [1.165, 1.54) is 75.8 Å². The van der Waals surface area contributed by atoms with Gasteiger partial charge in [-0.05, 0) is 86.0 Å². The van der Waals surface area contributed by atoms with Gasteiger partial charge in [-0.3, -0.25) is 0 Å². The summed E-state index contributed by atoms with van der Waals surface area (Å²) in [6.07, 6.45) is 0. The number of fused-ring (bicyclic) bond motifs is 6. The van der Waals surface area contributed by atoms with Crippen molar-refractivity contribution in [3.63, 3.8) is 0 Å². The van der Waals surface area contributed by atoms with Gasteiger partial charge < -0.3 is 0 Å². The van der Waals surface area contributed by atoms with Crippen LogP contribution in [0.25, 0.3) is 98.8 Å². The molecule has 0 spiro atoms. The molecule has 8 aromatic carbocycles. The van der Waals surface area contributed by atoms with Gasteiger partial charge in [-0.15, -0.1) is 11.3 Å². The highest BCUT2D eigenvalue weighted by Crippen LogP contribution is 2.52. The first-order chi connectivity index (χ1) is 28.5. The van der Waals surface area contributed by atoms with Gasteiger partial charge in [-0.25, -0.2) is 15.0 Å². The van der Waals surface area contributed by atoms with Crippen molar-refractivity contribution in [2.24, 2.45) is 0 Å². The normalized spacial score (nSPS) is 12.8. The highest BCUT2D eigenvalue weighted by atomic mass is 32.1. The molecule has 0 aliphatic heterocycles. The van der Waals surface area contributed by atoms with Crippen LogP contribution in [0.1, 0.15) is 25.0 Å². The van der Waals surface area contributed by atoms with Crippen LogP contribution in [-0.2, 0) is 5.41 Å². The maximum Gasteiger partial charge on any atom is 0.164 e. The van der Waals surface area contributed by atoms with Crippen LogP contribution in [0.4, 0.5) is 0 Å². The molecule has 0 bridgehead atoms. The summed E-state index contributed by atoms with van der Waals surface area (Å²) in [5.74, 6) is 2.02. The first kappa shape index (κ1) is 34.3. The average Bonchev–Trinajstić information content (AvgIpc) is 3.78. The van der Waals surface area contributed by atoms with Crippen molar-refractivity contribution in [2.45, 2.75) is 19.3 Å². The molecule has 10 aromatic rings. The molecule has 2 heterocycles. The number of hydrogen-bond donors (Lipinski definition) is 0.